The van der Waals surface area contributed by atoms with Crippen LogP contribution >= 0.6 is 0 Å². The molecule has 0 fully saturated rings. The molecule has 1 heterocycles. The minimum atomic E-state index is -1.37. The Morgan fingerprint density at radius 3 is 2.23 bits per heavy atom. The maximum absolute atomic E-state index is 12.9. The van der Waals surface area contributed by atoms with Crippen LogP contribution in [0.2, 0.25) is 0 Å². The van der Waals surface area contributed by atoms with Crippen molar-refractivity contribution in [1.82, 2.24) is 25.9 Å². The molecule has 2 rings (SSSR count). The summed E-state index contributed by atoms with van der Waals surface area (Å²) in [6, 6.07) is 1.89. The molecule has 0 saturated heterocycles. The van der Waals surface area contributed by atoms with Gasteiger partial charge < -0.3 is 42.0 Å². The van der Waals surface area contributed by atoms with E-state index < -0.39 is 60.8 Å². The third-order valence-corrected chi connectivity index (χ3v) is 4.78. The lowest BCUT2D eigenvalue weighted by Gasteiger charge is -2.22. The highest BCUT2D eigenvalue weighted by molar-refractivity contribution is 5.93. The van der Waals surface area contributed by atoms with E-state index in [0.29, 0.717) is 11.3 Å². The molecule has 0 spiro atoms. The second-order valence-electron chi connectivity index (χ2n) is 7.59. The minimum Gasteiger partial charge on any atom is -0.508 e. The number of phenolic OH excluding ortho intramolecular Hbond substituents is 1. The summed E-state index contributed by atoms with van der Waals surface area (Å²) in [5, 5.41) is 34.6. The summed E-state index contributed by atoms with van der Waals surface area (Å²) in [5.74, 6) is -5.06. The number of phenols is 1. The van der Waals surface area contributed by atoms with Crippen LogP contribution in [0.5, 0.6) is 5.75 Å². The number of hydrogen-bond donors (Lipinski definition) is 8. The van der Waals surface area contributed by atoms with Gasteiger partial charge in [-0.05, 0) is 17.7 Å². The van der Waals surface area contributed by atoms with Crippen molar-refractivity contribution in [3.8, 4) is 5.75 Å². The number of aromatic hydroxyl groups is 1. The molecule has 3 atom stereocenters. The Hall–Kier alpha value is -4.46. The maximum Gasteiger partial charge on any atom is 0.326 e. The topological polar surface area (TPSA) is 237 Å². The van der Waals surface area contributed by atoms with E-state index in [4.69, 9.17) is 10.8 Å². The van der Waals surface area contributed by atoms with Crippen LogP contribution < -0.4 is 21.7 Å². The number of nitrogens with zero attached hydrogens (tertiary/aromatic N) is 1. The third kappa shape index (κ3) is 9.13. The summed E-state index contributed by atoms with van der Waals surface area (Å²) >= 11 is 0. The molecule has 0 aliphatic carbocycles. The van der Waals surface area contributed by atoms with Gasteiger partial charge in [-0.3, -0.25) is 19.2 Å². The lowest BCUT2D eigenvalue weighted by Crippen LogP contribution is -2.55. The molecule has 14 heteroatoms. The van der Waals surface area contributed by atoms with Crippen LogP contribution in [-0.4, -0.2) is 79.6 Å². The number of amides is 3. The van der Waals surface area contributed by atoms with Crippen molar-refractivity contribution in [3.05, 3.63) is 48.0 Å². The second-order valence-corrected chi connectivity index (χ2v) is 7.59. The third-order valence-electron chi connectivity index (χ3n) is 4.78. The van der Waals surface area contributed by atoms with Gasteiger partial charge in [0.25, 0.3) is 0 Å². The molecule has 0 radical (unpaired) electrons. The SMILES string of the molecule is NC(CC(=O)O)C(=O)NCC(=O)NC(Cc1ccc(O)cc1)C(=O)NC(Cc1cnc[nH]1)C(=O)O. The molecular formula is C21H26N6O8. The normalized spacial score (nSPS) is 13.2. The van der Waals surface area contributed by atoms with Crippen molar-refractivity contribution in [3.63, 3.8) is 0 Å². The first-order chi connectivity index (χ1) is 16.5. The summed E-state index contributed by atoms with van der Waals surface area (Å²) in [6.07, 6.45) is 2.00. The number of rotatable bonds is 13. The van der Waals surface area contributed by atoms with Gasteiger partial charge in [-0.15, -0.1) is 0 Å². The van der Waals surface area contributed by atoms with Gasteiger partial charge in [0.15, 0.2) is 0 Å². The highest BCUT2D eigenvalue weighted by Crippen LogP contribution is 2.12. The van der Waals surface area contributed by atoms with E-state index in [-0.39, 0.29) is 18.6 Å². The lowest BCUT2D eigenvalue weighted by atomic mass is 10.0. The van der Waals surface area contributed by atoms with E-state index in [9.17, 15) is 34.2 Å². The van der Waals surface area contributed by atoms with Crippen LogP contribution in [0.3, 0.4) is 0 Å². The molecule has 188 valence electrons. The average molecular weight is 490 g/mol. The predicted octanol–water partition coefficient (Wildman–Crippen LogP) is -2.13. The molecule has 0 aliphatic heterocycles. The summed E-state index contributed by atoms with van der Waals surface area (Å²) in [5.41, 5.74) is 6.46. The number of benzene rings is 1. The Morgan fingerprint density at radius 1 is 0.971 bits per heavy atom. The molecule has 2 aromatic rings. The number of nitrogens with one attached hydrogen (secondary N) is 4. The molecule has 0 aliphatic rings. The summed E-state index contributed by atoms with van der Waals surface area (Å²) < 4.78 is 0. The van der Waals surface area contributed by atoms with Crippen molar-refractivity contribution >= 4 is 29.7 Å². The number of aliphatic carboxylic acids is 2. The first-order valence-electron chi connectivity index (χ1n) is 10.4. The number of carbonyl (C=O) groups is 5. The van der Waals surface area contributed by atoms with E-state index >= 15 is 0 Å². The second kappa shape index (κ2) is 12.7. The molecule has 14 nitrogen and oxygen atoms in total. The fraction of sp³-hybridized carbons (Fsp3) is 0.333. The fourth-order valence-electron chi connectivity index (χ4n) is 2.99. The van der Waals surface area contributed by atoms with Gasteiger partial charge in [-0.1, -0.05) is 12.1 Å². The van der Waals surface area contributed by atoms with Crippen molar-refractivity contribution in [2.45, 2.75) is 37.4 Å². The van der Waals surface area contributed by atoms with Crippen LogP contribution in [0.15, 0.2) is 36.8 Å². The Bertz CT molecular complexity index is 1040. The van der Waals surface area contributed by atoms with Gasteiger partial charge in [0.1, 0.15) is 17.8 Å². The van der Waals surface area contributed by atoms with Crippen molar-refractivity contribution < 1.29 is 39.3 Å². The quantitative estimate of drug-likeness (QED) is 0.152. The van der Waals surface area contributed by atoms with E-state index in [1.165, 1.54) is 36.8 Å². The Labute approximate surface area is 198 Å². The number of aromatic amines is 1. The number of aromatic nitrogens is 2. The van der Waals surface area contributed by atoms with E-state index in [0.717, 1.165) is 0 Å². The zero-order valence-electron chi connectivity index (χ0n) is 18.4. The molecular weight excluding hydrogens is 464 g/mol. The van der Waals surface area contributed by atoms with Gasteiger partial charge in [-0.2, -0.15) is 0 Å². The highest BCUT2D eigenvalue weighted by Gasteiger charge is 2.28. The monoisotopic (exact) mass is 490 g/mol. The standard InChI is InChI=1S/C21H26N6O8/c22-14(7-18(30)31)19(32)24-9-17(29)26-15(5-11-1-3-13(28)4-2-11)20(33)27-16(21(34)35)6-12-8-23-10-25-12/h1-4,8,10,14-16,28H,5-7,9,22H2,(H,23,25)(H,24,32)(H,26,29)(H,27,33)(H,30,31)(H,34,35). The van der Waals surface area contributed by atoms with Gasteiger partial charge in [-0.25, -0.2) is 9.78 Å². The zero-order valence-corrected chi connectivity index (χ0v) is 18.4. The summed E-state index contributed by atoms with van der Waals surface area (Å²) in [6.45, 7) is -0.595. The fourth-order valence-corrected chi connectivity index (χ4v) is 2.99. The molecule has 0 saturated carbocycles. The van der Waals surface area contributed by atoms with Gasteiger partial charge in [0, 0.05) is 24.7 Å². The molecule has 1 aromatic heterocycles. The Balaban J connectivity index is 2.08. The first kappa shape index (κ1) is 26.8. The zero-order chi connectivity index (χ0) is 26.0. The number of carbonyl (C=O) groups excluding carboxylic acids is 3. The van der Waals surface area contributed by atoms with Crippen molar-refractivity contribution in [2.75, 3.05) is 6.54 Å². The van der Waals surface area contributed by atoms with Gasteiger partial charge in [0.2, 0.25) is 17.7 Å². The molecule has 35 heavy (non-hydrogen) atoms. The molecule has 0 bridgehead atoms. The van der Waals surface area contributed by atoms with Crippen LogP contribution in [0.1, 0.15) is 17.7 Å². The van der Waals surface area contributed by atoms with Crippen molar-refractivity contribution in [2.24, 2.45) is 5.73 Å². The van der Waals surface area contributed by atoms with Crippen LogP contribution in [0.25, 0.3) is 0 Å². The Kier molecular flexibility index (Phi) is 9.71. The number of carboxylic acid groups (broad SMARTS) is 2. The van der Waals surface area contributed by atoms with Crippen LogP contribution in [0.4, 0.5) is 0 Å². The maximum atomic E-state index is 12.9. The van der Waals surface area contributed by atoms with E-state index in [1.807, 2.05) is 0 Å². The lowest BCUT2D eigenvalue weighted by molar-refractivity contribution is -0.142. The van der Waals surface area contributed by atoms with Crippen LogP contribution in [0, 0.1) is 0 Å². The van der Waals surface area contributed by atoms with Crippen molar-refractivity contribution in [1.29, 1.82) is 0 Å². The minimum absolute atomic E-state index is 0.00954. The number of hydrogen-bond acceptors (Lipinski definition) is 8. The number of carboxylic acids is 2. The van der Waals surface area contributed by atoms with E-state index in [2.05, 4.69) is 25.9 Å². The number of nitrogens with two attached hydrogens (primary N) is 1. The largest absolute Gasteiger partial charge is 0.508 e. The molecule has 3 amide bonds. The molecule has 1 aromatic carbocycles. The summed E-state index contributed by atoms with van der Waals surface area (Å²) in [7, 11) is 0. The number of H-pyrrole nitrogens is 1. The molecule has 9 N–H and O–H groups in total. The molecule has 3 unspecified atom stereocenters. The van der Waals surface area contributed by atoms with Gasteiger partial charge >= 0.3 is 11.9 Å². The highest BCUT2D eigenvalue weighted by atomic mass is 16.4. The van der Waals surface area contributed by atoms with Crippen LogP contribution in [-0.2, 0) is 36.8 Å². The first-order valence-corrected chi connectivity index (χ1v) is 10.4. The van der Waals surface area contributed by atoms with E-state index in [1.54, 1.807) is 0 Å². The number of imidazole rings is 1. The smallest absolute Gasteiger partial charge is 0.326 e. The average Bonchev–Trinajstić information content (AvgIpc) is 3.30. The predicted molar refractivity (Wildman–Crippen MR) is 119 cm³/mol. The Morgan fingerprint density at radius 2 is 1.66 bits per heavy atom. The van der Waals surface area contributed by atoms with Gasteiger partial charge in [0.05, 0.1) is 25.3 Å². The summed E-state index contributed by atoms with van der Waals surface area (Å²) in [4.78, 5) is 66.0.